The lowest BCUT2D eigenvalue weighted by atomic mass is 10.1. The normalized spacial score (nSPS) is 11.3. The highest BCUT2D eigenvalue weighted by Gasteiger charge is 2.10. The number of aryl methyl sites for hydroxylation is 1. The van der Waals surface area contributed by atoms with Crippen LogP contribution in [0.25, 0.3) is 22.0 Å². The van der Waals surface area contributed by atoms with Gasteiger partial charge in [0.1, 0.15) is 0 Å². The third-order valence-electron chi connectivity index (χ3n) is 2.89. The SMILES string of the molecule is CCn1c2ccccc2c(=O)c2ccoc21. The predicted molar refractivity (Wildman–Crippen MR) is 63.7 cm³/mol. The van der Waals surface area contributed by atoms with Gasteiger partial charge in [0.25, 0.3) is 0 Å². The summed E-state index contributed by atoms with van der Waals surface area (Å²) >= 11 is 0. The summed E-state index contributed by atoms with van der Waals surface area (Å²) in [6, 6.07) is 9.35. The largest absolute Gasteiger partial charge is 0.448 e. The number of aromatic nitrogens is 1. The first-order valence-corrected chi connectivity index (χ1v) is 5.31. The number of benzene rings is 1. The quantitative estimate of drug-likeness (QED) is 0.623. The molecular formula is C13H11NO2. The van der Waals surface area contributed by atoms with Gasteiger partial charge in [-0.3, -0.25) is 4.79 Å². The van der Waals surface area contributed by atoms with E-state index in [9.17, 15) is 4.79 Å². The van der Waals surface area contributed by atoms with Gasteiger partial charge in [-0.25, -0.2) is 0 Å². The first-order chi connectivity index (χ1) is 7.83. The van der Waals surface area contributed by atoms with Crippen LogP contribution in [0.4, 0.5) is 0 Å². The molecule has 0 aliphatic rings. The Morgan fingerprint density at radius 2 is 2.00 bits per heavy atom. The third kappa shape index (κ3) is 1.05. The molecule has 0 radical (unpaired) electrons. The van der Waals surface area contributed by atoms with Gasteiger partial charge in [-0.2, -0.15) is 0 Å². The molecule has 0 aliphatic carbocycles. The van der Waals surface area contributed by atoms with E-state index in [-0.39, 0.29) is 5.43 Å². The van der Waals surface area contributed by atoms with E-state index in [0.717, 1.165) is 17.4 Å². The monoisotopic (exact) mass is 213 g/mol. The number of pyridine rings is 1. The van der Waals surface area contributed by atoms with Gasteiger partial charge < -0.3 is 8.98 Å². The van der Waals surface area contributed by atoms with Crippen molar-refractivity contribution in [2.75, 3.05) is 0 Å². The summed E-state index contributed by atoms with van der Waals surface area (Å²) < 4.78 is 7.41. The maximum absolute atomic E-state index is 12.1. The zero-order valence-electron chi connectivity index (χ0n) is 8.93. The van der Waals surface area contributed by atoms with Crippen molar-refractivity contribution in [2.45, 2.75) is 13.5 Å². The van der Waals surface area contributed by atoms with Gasteiger partial charge in [0, 0.05) is 11.9 Å². The molecule has 2 heterocycles. The van der Waals surface area contributed by atoms with E-state index in [1.807, 2.05) is 35.8 Å². The topological polar surface area (TPSA) is 35.1 Å². The van der Waals surface area contributed by atoms with Crippen LogP contribution in [0.2, 0.25) is 0 Å². The van der Waals surface area contributed by atoms with Crippen molar-refractivity contribution in [3.05, 3.63) is 46.8 Å². The molecule has 3 rings (SSSR count). The Hall–Kier alpha value is -2.03. The highest BCUT2D eigenvalue weighted by Crippen LogP contribution is 2.19. The van der Waals surface area contributed by atoms with Crippen LogP contribution in [0.5, 0.6) is 0 Å². The van der Waals surface area contributed by atoms with Crippen molar-refractivity contribution in [1.29, 1.82) is 0 Å². The molecule has 80 valence electrons. The summed E-state index contributed by atoms with van der Waals surface area (Å²) in [5.74, 6) is 0. The fourth-order valence-electron chi connectivity index (χ4n) is 2.15. The second kappa shape index (κ2) is 3.23. The van der Waals surface area contributed by atoms with Crippen molar-refractivity contribution in [2.24, 2.45) is 0 Å². The van der Waals surface area contributed by atoms with E-state index in [1.165, 1.54) is 0 Å². The molecule has 0 spiro atoms. The molecule has 3 aromatic rings. The fourth-order valence-corrected chi connectivity index (χ4v) is 2.15. The molecule has 0 amide bonds. The Kier molecular flexibility index (Phi) is 1.86. The van der Waals surface area contributed by atoms with Gasteiger partial charge in [0.15, 0.2) is 0 Å². The standard InChI is InChI=1S/C13H11NO2/c1-2-14-11-6-4-3-5-9(11)12(15)10-7-8-16-13(10)14/h3-8H,2H2,1H3. The fraction of sp³-hybridized carbons (Fsp3) is 0.154. The van der Waals surface area contributed by atoms with Crippen LogP contribution in [0.15, 0.2) is 45.8 Å². The molecule has 3 heteroatoms. The summed E-state index contributed by atoms with van der Waals surface area (Å²) in [7, 11) is 0. The highest BCUT2D eigenvalue weighted by molar-refractivity contribution is 5.91. The summed E-state index contributed by atoms with van der Waals surface area (Å²) in [5, 5.41) is 1.40. The molecule has 0 bridgehead atoms. The Balaban J connectivity index is 2.69. The molecule has 0 saturated carbocycles. The third-order valence-corrected chi connectivity index (χ3v) is 2.89. The zero-order valence-corrected chi connectivity index (χ0v) is 8.93. The predicted octanol–water partition coefficient (Wildman–Crippen LogP) is 2.77. The van der Waals surface area contributed by atoms with E-state index in [1.54, 1.807) is 12.3 Å². The lowest BCUT2D eigenvalue weighted by Crippen LogP contribution is -2.08. The van der Waals surface area contributed by atoms with Crippen molar-refractivity contribution in [3.63, 3.8) is 0 Å². The zero-order chi connectivity index (χ0) is 11.1. The summed E-state index contributed by atoms with van der Waals surface area (Å²) in [5.41, 5.74) is 1.63. The molecular weight excluding hydrogens is 202 g/mol. The van der Waals surface area contributed by atoms with Crippen LogP contribution in [-0.4, -0.2) is 4.57 Å². The maximum Gasteiger partial charge on any atom is 0.210 e. The lowest BCUT2D eigenvalue weighted by molar-refractivity contribution is 0.574. The number of furan rings is 1. The molecule has 0 fully saturated rings. The minimum absolute atomic E-state index is 0.0454. The van der Waals surface area contributed by atoms with Crippen molar-refractivity contribution in [1.82, 2.24) is 4.57 Å². The maximum atomic E-state index is 12.1. The van der Waals surface area contributed by atoms with Crippen LogP contribution in [0.1, 0.15) is 6.92 Å². The molecule has 0 saturated heterocycles. The molecule has 2 aromatic heterocycles. The van der Waals surface area contributed by atoms with Crippen molar-refractivity contribution in [3.8, 4) is 0 Å². The average molecular weight is 213 g/mol. The Labute approximate surface area is 91.9 Å². The molecule has 3 nitrogen and oxygen atoms in total. The summed E-state index contributed by atoms with van der Waals surface area (Å²) in [4.78, 5) is 12.1. The van der Waals surface area contributed by atoms with Gasteiger partial charge in [-0.1, -0.05) is 12.1 Å². The van der Waals surface area contributed by atoms with Gasteiger partial charge >= 0.3 is 0 Å². The number of fused-ring (bicyclic) bond motifs is 2. The van der Waals surface area contributed by atoms with E-state index >= 15 is 0 Å². The molecule has 0 aliphatic heterocycles. The number of rotatable bonds is 1. The van der Waals surface area contributed by atoms with E-state index in [2.05, 4.69) is 0 Å². The van der Waals surface area contributed by atoms with Gasteiger partial charge in [-0.15, -0.1) is 0 Å². The number of para-hydroxylation sites is 1. The van der Waals surface area contributed by atoms with E-state index < -0.39 is 0 Å². The van der Waals surface area contributed by atoms with Crippen LogP contribution in [0, 0.1) is 0 Å². The Bertz CT molecular complexity index is 721. The first-order valence-electron chi connectivity index (χ1n) is 5.31. The van der Waals surface area contributed by atoms with Crippen LogP contribution >= 0.6 is 0 Å². The van der Waals surface area contributed by atoms with E-state index in [0.29, 0.717) is 11.1 Å². The minimum atomic E-state index is 0.0454. The van der Waals surface area contributed by atoms with E-state index in [4.69, 9.17) is 4.42 Å². The summed E-state index contributed by atoms with van der Waals surface area (Å²) in [6.07, 6.45) is 1.57. The first kappa shape index (κ1) is 9.21. The Morgan fingerprint density at radius 1 is 1.19 bits per heavy atom. The van der Waals surface area contributed by atoms with Crippen LogP contribution in [-0.2, 0) is 6.54 Å². The average Bonchev–Trinajstić information content (AvgIpc) is 2.79. The molecule has 0 atom stereocenters. The van der Waals surface area contributed by atoms with Gasteiger partial charge in [-0.05, 0) is 25.1 Å². The number of hydrogen-bond acceptors (Lipinski definition) is 2. The van der Waals surface area contributed by atoms with Gasteiger partial charge in [0.05, 0.1) is 17.2 Å². The van der Waals surface area contributed by atoms with Gasteiger partial charge in [0.2, 0.25) is 11.1 Å². The lowest BCUT2D eigenvalue weighted by Gasteiger charge is -2.08. The Morgan fingerprint density at radius 3 is 2.81 bits per heavy atom. The van der Waals surface area contributed by atoms with Crippen molar-refractivity contribution >= 4 is 22.0 Å². The molecule has 1 aromatic carbocycles. The molecule has 0 unspecified atom stereocenters. The van der Waals surface area contributed by atoms with Crippen LogP contribution < -0.4 is 5.43 Å². The molecule has 16 heavy (non-hydrogen) atoms. The number of hydrogen-bond donors (Lipinski definition) is 0. The molecule has 0 N–H and O–H groups in total. The summed E-state index contributed by atoms with van der Waals surface area (Å²) in [6.45, 7) is 2.82. The number of nitrogens with zero attached hydrogens (tertiary/aromatic N) is 1. The highest BCUT2D eigenvalue weighted by atomic mass is 16.3. The second-order valence-electron chi connectivity index (χ2n) is 3.73. The van der Waals surface area contributed by atoms with Crippen LogP contribution in [0.3, 0.4) is 0 Å². The second-order valence-corrected chi connectivity index (χ2v) is 3.73. The smallest absolute Gasteiger partial charge is 0.210 e. The van der Waals surface area contributed by atoms with Crippen molar-refractivity contribution < 1.29 is 4.42 Å². The minimum Gasteiger partial charge on any atom is -0.448 e.